The summed E-state index contributed by atoms with van der Waals surface area (Å²) in [5.41, 5.74) is 6.46. The van der Waals surface area contributed by atoms with E-state index in [1.807, 2.05) is 27.9 Å². The van der Waals surface area contributed by atoms with Crippen molar-refractivity contribution in [2.24, 2.45) is 41.6 Å². The van der Waals surface area contributed by atoms with Crippen molar-refractivity contribution in [3.8, 4) is 40.1 Å². The number of nitrogens with zero attached hydrogens (tertiary/aromatic N) is 10. The molecule has 6 aromatic rings. The number of allylic oxidation sites excluding steroid dienone is 2. The van der Waals surface area contributed by atoms with Crippen LogP contribution in [0.15, 0.2) is 87.7 Å². The number of nitrogens with two attached hydrogens (primary N) is 1. The van der Waals surface area contributed by atoms with Crippen molar-refractivity contribution in [3.63, 3.8) is 0 Å². The number of hydrogen-bond donors (Lipinski definition) is 8. The van der Waals surface area contributed by atoms with Gasteiger partial charge >= 0.3 is 11.8 Å². The van der Waals surface area contributed by atoms with E-state index in [2.05, 4.69) is 40.3 Å². The number of aromatic amines is 1. The molecule has 3 aromatic carbocycles. The zero-order valence-corrected chi connectivity index (χ0v) is 60.2. The number of ether oxygens (including phenoxy) is 5. The largest absolute Gasteiger partial charge is 0.507 e. The van der Waals surface area contributed by atoms with Crippen LogP contribution in [0.2, 0.25) is 0 Å². The number of anilines is 1. The number of Topliss-reactive ketones (excluding diaryl/α,β-unsaturated/α-hetero) is 1. The number of aromatic hydroxyl groups is 3. The second kappa shape index (κ2) is 33.0. The number of esters is 1. The first-order chi connectivity index (χ1) is 47.8. The van der Waals surface area contributed by atoms with Crippen LogP contribution in [0.5, 0.6) is 28.7 Å². The summed E-state index contributed by atoms with van der Waals surface area (Å²) in [6.45, 7) is 21.6. The number of benzene rings is 3. The van der Waals surface area contributed by atoms with Crippen molar-refractivity contribution in [3.05, 3.63) is 111 Å². The number of primary amides is 1. The molecule has 5 aliphatic rings. The standard InChI is InChI=1S/C43H58N4O12.C22H30N6O4S.C5H5N3O/c1-21-12-11-13-22(2)42(55)45-33-28(20-44-47-17-15-46(9)16-18-47)37(52)30-31(38(33)53)36(51)26(6)40-32(30)41(54)43(8,59-40)57-19-14-29(56-10)23(3)39(58-27(7)48)25(5)35(50)24(4)34(21)49;1-5-7-17-19-20(27(4)25-17)22(29)24-21(23-19)16-14-15(8-9-18(16)32-6-2)33(30,31)28-12-10-26(3)11-13-28;6-5(9)4-3-7-1-2-8-4/h11-14,19-21,23-25,29,34-35,39,49-53H,15-18H2,1-10H3,(H,45,55);8-9,14H,5-7,10-13H2,1-4H3,(H,23,24,29);1-3H,(H2,6,9)/b12-11+,19-14+,22-13-,44-20+;;/t21-,23+,24+,25+,29-,34-,35+,39+,43-;;/m0../s1. The molecule has 546 valence electrons. The summed E-state index contributed by atoms with van der Waals surface area (Å²) in [6.07, 6.45) is 10.6. The predicted octanol–water partition coefficient (Wildman–Crippen LogP) is 5.52. The molecule has 2 amide bonds. The van der Waals surface area contributed by atoms with Crippen LogP contribution >= 0.6 is 0 Å². The second-order valence-electron chi connectivity index (χ2n) is 25.8. The number of likely N-dealkylation sites (N-methyl/N-ethyl adjacent to an activating group) is 2. The highest BCUT2D eigenvalue weighted by atomic mass is 32.2. The molecular weight excluding hydrogens is 1330 g/mol. The van der Waals surface area contributed by atoms with Gasteiger partial charge < -0.3 is 75.1 Å². The minimum Gasteiger partial charge on any atom is -0.507 e. The summed E-state index contributed by atoms with van der Waals surface area (Å²) in [4.78, 5) is 82.9. The SMILES string of the molecule is CCCc1nn(C)c2c(=O)[nH]c(-c3cc(S(=O)(=O)N4CCN(C)CC4)ccc3OCC)nc12.CO[C@H]1/C=C/O[C@@]2(C)Oc3c(C)c(O)c4c(O)c(c(/C=N/N5CCN(C)CC5)c(O)c4c3C2=O)NC(=O)/C(C)=C\C=C\[C@H](C)[C@H](O)[C@@H](C)[C@@H](O)[C@@H](C)[C@H](OC(C)=O)[C@@H]1C.NC(=O)c1cnccn1. The molecule has 9 atom stereocenters. The van der Waals surface area contributed by atoms with Crippen LogP contribution in [0.3, 0.4) is 0 Å². The molecule has 0 aliphatic carbocycles. The van der Waals surface area contributed by atoms with Crippen LogP contribution in [-0.2, 0) is 47.3 Å². The maximum atomic E-state index is 14.4. The molecule has 0 unspecified atom stereocenters. The lowest BCUT2D eigenvalue weighted by Gasteiger charge is -2.38. The highest BCUT2D eigenvalue weighted by Gasteiger charge is 2.50. The van der Waals surface area contributed by atoms with Gasteiger partial charge in [-0.25, -0.2) is 18.4 Å². The Hall–Kier alpha value is -9.37. The molecule has 2 fully saturated rings. The number of nitrogens with one attached hydrogen (secondary N) is 2. The molecule has 101 heavy (non-hydrogen) atoms. The second-order valence-corrected chi connectivity index (χ2v) is 27.7. The number of rotatable bonds is 12. The number of H-pyrrole nitrogens is 1. The highest BCUT2D eigenvalue weighted by Crippen LogP contribution is 2.55. The topological polar surface area (TPSA) is 402 Å². The number of hydrogen-bond acceptors (Lipinski definition) is 25. The molecule has 30 nitrogen and oxygen atoms in total. The van der Waals surface area contributed by atoms with Crippen molar-refractivity contribution in [2.45, 2.75) is 117 Å². The third-order valence-corrected chi connectivity index (χ3v) is 20.4. The molecule has 3 aromatic heterocycles. The van der Waals surface area contributed by atoms with Crippen molar-refractivity contribution < 1.29 is 76.8 Å². The number of phenolic OH excluding ortho intramolecular Hbond substituents is 3. The number of aryl methyl sites for hydroxylation is 2. The third-order valence-electron chi connectivity index (χ3n) is 18.5. The average Bonchev–Trinajstić information content (AvgIpc) is 1.62. The average molecular weight is 1420 g/mol. The van der Waals surface area contributed by atoms with E-state index in [-0.39, 0.29) is 66.4 Å². The number of phenols is 3. The molecule has 0 radical (unpaired) electrons. The number of hydrazone groups is 1. The molecular formula is C70H93N13O17S. The number of piperazine rings is 2. The summed E-state index contributed by atoms with van der Waals surface area (Å²) in [5.74, 6) is -8.18. The van der Waals surface area contributed by atoms with Crippen molar-refractivity contribution in [1.82, 2.24) is 48.8 Å². The van der Waals surface area contributed by atoms with E-state index in [4.69, 9.17) is 34.4 Å². The van der Waals surface area contributed by atoms with Gasteiger partial charge in [0.25, 0.3) is 23.2 Å². The van der Waals surface area contributed by atoms with Crippen LogP contribution < -0.4 is 26.1 Å². The number of fused-ring (bicyclic) bond motifs is 15. The molecule has 0 saturated carbocycles. The zero-order valence-electron chi connectivity index (χ0n) is 59.4. The van der Waals surface area contributed by atoms with Gasteiger partial charge in [0.1, 0.15) is 46.1 Å². The number of aromatic nitrogens is 6. The lowest BCUT2D eigenvalue weighted by atomic mass is 9.78. The number of carbonyl (C=O) groups excluding carboxylic acids is 4. The fraction of sp³-hybridized carbons (Fsp3) is 0.486. The molecule has 5 bridgehead atoms. The first-order valence-corrected chi connectivity index (χ1v) is 34.8. The Balaban J connectivity index is 0.000000255. The van der Waals surface area contributed by atoms with Gasteiger partial charge in [-0.1, -0.05) is 59.3 Å². The number of amides is 2. The molecule has 2 saturated heterocycles. The van der Waals surface area contributed by atoms with Crippen molar-refractivity contribution >= 4 is 67.3 Å². The van der Waals surface area contributed by atoms with E-state index in [0.717, 1.165) is 25.2 Å². The lowest BCUT2D eigenvalue weighted by Crippen LogP contribution is -2.47. The van der Waals surface area contributed by atoms with E-state index in [1.54, 1.807) is 70.1 Å². The van der Waals surface area contributed by atoms with Gasteiger partial charge in [-0.3, -0.25) is 38.6 Å². The maximum absolute atomic E-state index is 14.4. The number of methoxy groups -OCH3 is 1. The molecule has 8 heterocycles. The van der Waals surface area contributed by atoms with Gasteiger partial charge in [-0.15, -0.1) is 0 Å². The normalized spacial score (nSPS) is 24.7. The third kappa shape index (κ3) is 17.0. The van der Waals surface area contributed by atoms with Crippen LogP contribution in [0, 0.1) is 30.6 Å². The Morgan fingerprint density at radius 2 is 1.55 bits per heavy atom. The molecule has 0 spiro atoms. The predicted molar refractivity (Wildman–Crippen MR) is 377 cm³/mol. The van der Waals surface area contributed by atoms with Crippen molar-refractivity contribution in [1.29, 1.82) is 0 Å². The van der Waals surface area contributed by atoms with Crippen LogP contribution in [0.1, 0.15) is 106 Å². The summed E-state index contributed by atoms with van der Waals surface area (Å²) >= 11 is 0. The zero-order chi connectivity index (χ0) is 74.1. The number of aliphatic hydroxyl groups excluding tert-OH is 2. The van der Waals surface area contributed by atoms with Crippen LogP contribution in [-0.4, -0.2) is 223 Å². The van der Waals surface area contributed by atoms with Crippen LogP contribution in [0.25, 0.3) is 33.2 Å². The van der Waals surface area contributed by atoms with Gasteiger partial charge in [0.15, 0.2) is 11.3 Å². The molecule has 5 aliphatic heterocycles. The Morgan fingerprint density at radius 1 is 0.881 bits per heavy atom. The fourth-order valence-electron chi connectivity index (χ4n) is 12.4. The van der Waals surface area contributed by atoms with E-state index in [1.165, 1.54) is 87.0 Å². The Labute approximate surface area is 586 Å². The summed E-state index contributed by atoms with van der Waals surface area (Å²) in [7, 11) is 3.41. The number of sulfonamides is 1. The number of ketones is 1. The fourth-order valence-corrected chi connectivity index (χ4v) is 13.9. The Morgan fingerprint density at radius 3 is 2.16 bits per heavy atom. The van der Waals surface area contributed by atoms with Gasteiger partial charge in [0.05, 0.1) is 81.9 Å². The molecule has 11 rings (SSSR count). The van der Waals surface area contributed by atoms with E-state index < -0.39 is 105 Å². The quantitative estimate of drug-likeness (QED) is 0.0323. The van der Waals surface area contributed by atoms with Gasteiger partial charge in [-0.05, 0) is 65.6 Å². The van der Waals surface area contributed by atoms with Gasteiger partial charge in [0, 0.05) is 133 Å². The minimum absolute atomic E-state index is 0.0559. The maximum Gasteiger partial charge on any atom is 0.312 e. The minimum atomic E-state index is -3.70. The monoisotopic (exact) mass is 1420 g/mol. The van der Waals surface area contributed by atoms with E-state index >= 15 is 0 Å². The first kappa shape index (κ1) is 77.4. The highest BCUT2D eigenvalue weighted by molar-refractivity contribution is 7.89. The van der Waals surface area contributed by atoms with Gasteiger partial charge in [-0.2, -0.15) is 14.5 Å². The summed E-state index contributed by atoms with van der Waals surface area (Å²) in [5, 5.41) is 71.3. The Kier molecular flexibility index (Phi) is 25.2. The van der Waals surface area contributed by atoms with Crippen LogP contribution in [0.4, 0.5) is 5.69 Å². The Bertz CT molecular complexity index is 4340. The lowest BCUT2D eigenvalue weighted by molar-refractivity contribution is -0.160. The smallest absolute Gasteiger partial charge is 0.312 e. The number of carbonyl (C=O) groups is 4. The number of aliphatic hydroxyl groups is 2. The summed E-state index contributed by atoms with van der Waals surface area (Å²) in [6, 6.07) is 4.71. The summed E-state index contributed by atoms with van der Waals surface area (Å²) < 4.78 is 59.0. The first-order valence-electron chi connectivity index (χ1n) is 33.3. The molecule has 9 N–H and O–H groups in total. The van der Waals surface area contributed by atoms with E-state index in [0.29, 0.717) is 74.6 Å². The van der Waals surface area contributed by atoms with Crippen molar-refractivity contribution in [2.75, 3.05) is 85.5 Å². The van der Waals surface area contributed by atoms with E-state index in [9.17, 15) is 57.9 Å². The molecule has 31 heteroatoms. The van der Waals surface area contributed by atoms with Gasteiger partial charge in [0.2, 0.25) is 10.0 Å².